The second kappa shape index (κ2) is 7.22. The van der Waals surface area contributed by atoms with Gasteiger partial charge < -0.3 is 14.5 Å². The van der Waals surface area contributed by atoms with Gasteiger partial charge in [-0.25, -0.2) is 4.98 Å². The number of imidazole rings is 1. The standard InChI is InChI=1S/C22H28N4O/c1-15-9-16(2)22-20(10-15)19(17(3)24-22)11-21(27)26-7-4-5-18(13-26)12-25-8-6-23-14-25/h6,8-10,14,18,24H,4-5,7,11-13H2,1-3H3/t18-/m0/s1. The van der Waals surface area contributed by atoms with Crippen LogP contribution >= 0.6 is 0 Å². The number of carbonyl (C=O) groups is 1. The van der Waals surface area contributed by atoms with Crippen molar-refractivity contribution < 1.29 is 4.79 Å². The average molecular weight is 364 g/mol. The molecule has 0 aliphatic carbocycles. The highest BCUT2D eigenvalue weighted by atomic mass is 16.2. The number of benzene rings is 1. The zero-order chi connectivity index (χ0) is 19.0. The predicted molar refractivity (Wildman–Crippen MR) is 108 cm³/mol. The van der Waals surface area contributed by atoms with Gasteiger partial charge in [-0.2, -0.15) is 0 Å². The van der Waals surface area contributed by atoms with E-state index in [2.05, 4.69) is 52.3 Å². The van der Waals surface area contributed by atoms with E-state index in [1.807, 2.05) is 18.7 Å². The average Bonchev–Trinajstić information content (AvgIpc) is 3.24. The minimum absolute atomic E-state index is 0.244. The van der Waals surface area contributed by atoms with E-state index in [-0.39, 0.29) is 5.91 Å². The van der Waals surface area contributed by atoms with Crippen LogP contribution in [0, 0.1) is 26.7 Å². The highest BCUT2D eigenvalue weighted by molar-refractivity contribution is 5.92. The van der Waals surface area contributed by atoms with E-state index in [0.717, 1.165) is 42.8 Å². The number of fused-ring (bicyclic) bond motifs is 1. The van der Waals surface area contributed by atoms with Crippen LogP contribution in [0.2, 0.25) is 0 Å². The Balaban J connectivity index is 1.50. The molecule has 3 heterocycles. The summed E-state index contributed by atoms with van der Waals surface area (Å²) in [4.78, 5) is 22.7. The largest absolute Gasteiger partial charge is 0.358 e. The highest BCUT2D eigenvalue weighted by Gasteiger charge is 2.25. The van der Waals surface area contributed by atoms with Crippen LogP contribution in [-0.4, -0.2) is 38.4 Å². The Hall–Kier alpha value is -2.56. The number of hydrogen-bond donors (Lipinski definition) is 1. The number of aryl methyl sites for hydroxylation is 3. The number of rotatable bonds is 4. The SMILES string of the molecule is Cc1cc(C)c2[nH]c(C)c(CC(=O)N3CCC[C@@H](Cn4ccnc4)C3)c2c1. The van der Waals surface area contributed by atoms with Crippen LogP contribution < -0.4 is 0 Å². The van der Waals surface area contributed by atoms with E-state index in [0.29, 0.717) is 12.3 Å². The van der Waals surface area contributed by atoms with Crippen molar-refractivity contribution in [1.82, 2.24) is 19.4 Å². The summed E-state index contributed by atoms with van der Waals surface area (Å²) >= 11 is 0. The minimum atomic E-state index is 0.244. The Bertz CT molecular complexity index is 955. The summed E-state index contributed by atoms with van der Waals surface area (Å²) in [6, 6.07) is 4.39. The fourth-order valence-corrected chi connectivity index (χ4v) is 4.46. The van der Waals surface area contributed by atoms with Crippen molar-refractivity contribution in [3.05, 3.63) is 53.2 Å². The first-order chi connectivity index (χ1) is 13.0. The molecule has 1 aliphatic heterocycles. The van der Waals surface area contributed by atoms with Crippen molar-refractivity contribution in [3.8, 4) is 0 Å². The van der Waals surface area contributed by atoms with Gasteiger partial charge in [-0.15, -0.1) is 0 Å². The number of likely N-dealkylation sites (tertiary alicyclic amines) is 1. The summed E-state index contributed by atoms with van der Waals surface area (Å²) in [5.74, 6) is 0.749. The first kappa shape index (κ1) is 17.8. The van der Waals surface area contributed by atoms with E-state index in [9.17, 15) is 4.79 Å². The summed E-state index contributed by atoms with van der Waals surface area (Å²) in [7, 11) is 0. The summed E-state index contributed by atoms with van der Waals surface area (Å²) in [5.41, 5.74) is 5.91. The first-order valence-electron chi connectivity index (χ1n) is 9.83. The monoisotopic (exact) mass is 364 g/mol. The molecule has 1 amide bonds. The molecule has 0 unspecified atom stereocenters. The smallest absolute Gasteiger partial charge is 0.227 e. The molecule has 4 rings (SSSR count). The Morgan fingerprint density at radius 1 is 1.30 bits per heavy atom. The van der Waals surface area contributed by atoms with Crippen molar-refractivity contribution >= 4 is 16.8 Å². The Morgan fingerprint density at radius 3 is 2.93 bits per heavy atom. The number of nitrogens with one attached hydrogen (secondary N) is 1. The first-order valence-corrected chi connectivity index (χ1v) is 9.83. The summed E-state index contributed by atoms with van der Waals surface area (Å²) in [6.45, 7) is 8.98. The van der Waals surface area contributed by atoms with E-state index in [1.165, 1.54) is 22.9 Å². The Labute approximate surface area is 160 Å². The topological polar surface area (TPSA) is 53.9 Å². The lowest BCUT2D eigenvalue weighted by atomic mass is 9.96. The van der Waals surface area contributed by atoms with Gasteiger partial charge in [-0.05, 0) is 56.7 Å². The van der Waals surface area contributed by atoms with Crippen LogP contribution in [-0.2, 0) is 17.8 Å². The quantitative estimate of drug-likeness (QED) is 0.766. The summed E-state index contributed by atoms with van der Waals surface area (Å²) < 4.78 is 2.12. The van der Waals surface area contributed by atoms with E-state index >= 15 is 0 Å². The lowest BCUT2D eigenvalue weighted by molar-refractivity contribution is -0.132. The van der Waals surface area contributed by atoms with Crippen LogP contribution in [0.1, 0.15) is 35.2 Å². The van der Waals surface area contributed by atoms with Crippen LogP contribution in [0.15, 0.2) is 30.9 Å². The van der Waals surface area contributed by atoms with Crippen LogP contribution in [0.4, 0.5) is 0 Å². The zero-order valence-corrected chi connectivity index (χ0v) is 16.5. The molecule has 3 aromatic rings. The molecule has 1 atom stereocenters. The number of amides is 1. The molecule has 1 saturated heterocycles. The number of hydrogen-bond acceptors (Lipinski definition) is 2. The summed E-state index contributed by atoms with van der Waals surface area (Å²) in [5, 5.41) is 1.20. The van der Waals surface area contributed by atoms with Gasteiger partial charge in [0.05, 0.1) is 12.7 Å². The van der Waals surface area contributed by atoms with Crippen LogP contribution in [0.3, 0.4) is 0 Å². The second-order valence-corrected chi connectivity index (χ2v) is 8.02. The molecular formula is C22H28N4O. The maximum atomic E-state index is 13.1. The Kier molecular flexibility index (Phi) is 4.77. The van der Waals surface area contributed by atoms with Gasteiger partial charge in [0, 0.05) is 48.6 Å². The molecule has 0 spiro atoms. The van der Waals surface area contributed by atoms with Gasteiger partial charge in [0.25, 0.3) is 0 Å². The maximum Gasteiger partial charge on any atom is 0.227 e. The normalized spacial score (nSPS) is 17.6. The molecule has 1 aromatic carbocycles. The molecule has 0 saturated carbocycles. The third-order valence-corrected chi connectivity index (χ3v) is 5.80. The molecule has 142 valence electrons. The molecule has 27 heavy (non-hydrogen) atoms. The molecule has 0 bridgehead atoms. The van der Waals surface area contributed by atoms with Crippen molar-refractivity contribution in [2.24, 2.45) is 5.92 Å². The summed E-state index contributed by atoms with van der Waals surface area (Å²) in [6.07, 6.45) is 8.41. The maximum absolute atomic E-state index is 13.1. The van der Waals surface area contributed by atoms with Gasteiger partial charge in [0.1, 0.15) is 0 Å². The number of carbonyl (C=O) groups excluding carboxylic acids is 1. The minimum Gasteiger partial charge on any atom is -0.358 e. The number of H-pyrrole nitrogens is 1. The second-order valence-electron chi connectivity index (χ2n) is 8.02. The van der Waals surface area contributed by atoms with Crippen molar-refractivity contribution in [2.75, 3.05) is 13.1 Å². The molecule has 0 radical (unpaired) electrons. The molecule has 1 N–H and O–H groups in total. The third kappa shape index (κ3) is 3.64. The molecule has 1 fully saturated rings. The van der Waals surface area contributed by atoms with Crippen molar-refractivity contribution in [1.29, 1.82) is 0 Å². The number of aromatic nitrogens is 3. The van der Waals surface area contributed by atoms with E-state index < -0.39 is 0 Å². The molecular weight excluding hydrogens is 336 g/mol. The predicted octanol–water partition coefficient (Wildman–Crippen LogP) is 3.77. The number of piperidine rings is 1. The third-order valence-electron chi connectivity index (χ3n) is 5.80. The lowest BCUT2D eigenvalue weighted by Gasteiger charge is -2.33. The van der Waals surface area contributed by atoms with E-state index in [4.69, 9.17) is 0 Å². The van der Waals surface area contributed by atoms with Gasteiger partial charge >= 0.3 is 0 Å². The molecule has 5 nitrogen and oxygen atoms in total. The van der Waals surface area contributed by atoms with Crippen LogP contribution in [0.25, 0.3) is 10.9 Å². The zero-order valence-electron chi connectivity index (χ0n) is 16.5. The molecule has 5 heteroatoms. The fourth-order valence-electron chi connectivity index (χ4n) is 4.46. The van der Waals surface area contributed by atoms with Crippen LogP contribution in [0.5, 0.6) is 0 Å². The highest BCUT2D eigenvalue weighted by Crippen LogP contribution is 2.28. The molecule has 2 aromatic heterocycles. The van der Waals surface area contributed by atoms with E-state index in [1.54, 1.807) is 0 Å². The van der Waals surface area contributed by atoms with Gasteiger partial charge in [-0.1, -0.05) is 11.6 Å². The van der Waals surface area contributed by atoms with Crippen molar-refractivity contribution in [3.63, 3.8) is 0 Å². The van der Waals surface area contributed by atoms with Gasteiger partial charge in [0.15, 0.2) is 0 Å². The van der Waals surface area contributed by atoms with Gasteiger partial charge in [-0.3, -0.25) is 4.79 Å². The Morgan fingerprint density at radius 2 is 2.15 bits per heavy atom. The number of nitrogens with zero attached hydrogens (tertiary/aromatic N) is 3. The van der Waals surface area contributed by atoms with Crippen molar-refractivity contribution in [2.45, 2.75) is 46.6 Å². The number of aromatic amines is 1. The fraction of sp³-hybridized carbons (Fsp3) is 0.455. The molecule has 1 aliphatic rings. The van der Waals surface area contributed by atoms with Gasteiger partial charge in [0.2, 0.25) is 5.91 Å². The lowest BCUT2D eigenvalue weighted by Crippen LogP contribution is -2.41.